The molecule has 2 nitrogen and oxygen atoms in total. The monoisotopic (exact) mass is 270 g/mol. The number of nitrogens with zero attached hydrogens (tertiary/aromatic N) is 2. The van der Waals surface area contributed by atoms with Crippen molar-refractivity contribution in [3.8, 4) is 0 Å². The van der Waals surface area contributed by atoms with Crippen molar-refractivity contribution < 1.29 is 4.39 Å². The van der Waals surface area contributed by atoms with Crippen molar-refractivity contribution in [2.75, 3.05) is 19.6 Å². The highest BCUT2D eigenvalue weighted by Crippen LogP contribution is 2.28. The van der Waals surface area contributed by atoms with Gasteiger partial charge in [-0.15, -0.1) is 0 Å². The van der Waals surface area contributed by atoms with Gasteiger partial charge in [0.1, 0.15) is 5.82 Å². The highest BCUT2D eigenvalue weighted by molar-refractivity contribution is 5.36. The van der Waals surface area contributed by atoms with E-state index in [-0.39, 0.29) is 11.9 Å². The van der Waals surface area contributed by atoms with E-state index < -0.39 is 0 Å². The van der Waals surface area contributed by atoms with Crippen LogP contribution in [0, 0.1) is 5.82 Å². The van der Waals surface area contributed by atoms with Crippen LogP contribution in [-0.4, -0.2) is 29.4 Å². The molecule has 1 aromatic rings. The van der Waals surface area contributed by atoms with Crippen LogP contribution < -0.4 is 0 Å². The average Bonchev–Trinajstić information content (AvgIpc) is 2.46. The van der Waals surface area contributed by atoms with E-state index in [1.54, 1.807) is 6.07 Å². The summed E-state index contributed by atoms with van der Waals surface area (Å²) in [5, 5.41) is 0. The SMILES string of the molecule is C=C1C=CN2CCN(C(C)c3ccccc3F)CC2=C1. The Kier molecular flexibility index (Phi) is 3.45. The van der Waals surface area contributed by atoms with Gasteiger partial charge in [-0.2, -0.15) is 0 Å². The average molecular weight is 270 g/mol. The van der Waals surface area contributed by atoms with Crippen LogP contribution >= 0.6 is 0 Å². The first-order chi connectivity index (χ1) is 9.65. The number of halogens is 1. The first-order valence-electron chi connectivity index (χ1n) is 6.98. The molecule has 2 aliphatic heterocycles. The zero-order valence-corrected chi connectivity index (χ0v) is 11.7. The Morgan fingerprint density at radius 2 is 2.05 bits per heavy atom. The Labute approximate surface area is 119 Å². The molecular formula is C17H19FN2. The second kappa shape index (κ2) is 5.25. The fraction of sp³-hybridized carbons (Fsp3) is 0.294. The highest BCUT2D eigenvalue weighted by Gasteiger charge is 2.26. The lowest BCUT2D eigenvalue weighted by atomic mass is 10.0. The van der Waals surface area contributed by atoms with Crippen LogP contribution in [0.4, 0.5) is 4.39 Å². The van der Waals surface area contributed by atoms with Crippen molar-refractivity contribution in [2.24, 2.45) is 0 Å². The minimum absolute atomic E-state index is 0.0819. The van der Waals surface area contributed by atoms with Gasteiger partial charge in [0.2, 0.25) is 0 Å². The second-order valence-corrected chi connectivity index (χ2v) is 5.39. The van der Waals surface area contributed by atoms with Gasteiger partial charge in [-0.1, -0.05) is 24.8 Å². The molecule has 0 aromatic heterocycles. The minimum Gasteiger partial charge on any atom is -0.349 e. The van der Waals surface area contributed by atoms with Gasteiger partial charge >= 0.3 is 0 Å². The van der Waals surface area contributed by atoms with Gasteiger partial charge in [0, 0.05) is 43.1 Å². The summed E-state index contributed by atoms with van der Waals surface area (Å²) in [5.74, 6) is -0.121. The molecule has 1 aromatic carbocycles. The lowest BCUT2D eigenvalue weighted by molar-refractivity contribution is 0.160. The lowest BCUT2D eigenvalue weighted by Crippen LogP contribution is -2.44. The van der Waals surface area contributed by atoms with E-state index in [9.17, 15) is 4.39 Å². The van der Waals surface area contributed by atoms with Crippen LogP contribution in [0.15, 0.2) is 60.5 Å². The van der Waals surface area contributed by atoms with E-state index in [1.807, 2.05) is 18.2 Å². The van der Waals surface area contributed by atoms with Crippen LogP contribution in [-0.2, 0) is 0 Å². The van der Waals surface area contributed by atoms with Gasteiger partial charge in [-0.05, 0) is 30.7 Å². The minimum atomic E-state index is -0.121. The van der Waals surface area contributed by atoms with Crippen LogP contribution in [0.25, 0.3) is 0 Å². The van der Waals surface area contributed by atoms with Gasteiger partial charge in [0.05, 0.1) is 0 Å². The number of benzene rings is 1. The number of allylic oxidation sites excluding steroid dienone is 3. The quantitative estimate of drug-likeness (QED) is 0.812. The van der Waals surface area contributed by atoms with Crippen molar-refractivity contribution in [3.05, 3.63) is 71.8 Å². The summed E-state index contributed by atoms with van der Waals surface area (Å²) in [7, 11) is 0. The highest BCUT2D eigenvalue weighted by atomic mass is 19.1. The predicted molar refractivity (Wildman–Crippen MR) is 79.5 cm³/mol. The molecule has 0 bridgehead atoms. The number of rotatable bonds is 2. The summed E-state index contributed by atoms with van der Waals surface area (Å²) in [6.07, 6.45) is 6.22. The largest absolute Gasteiger partial charge is 0.349 e. The first-order valence-corrected chi connectivity index (χ1v) is 6.98. The molecule has 20 heavy (non-hydrogen) atoms. The van der Waals surface area contributed by atoms with E-state index in [4.69, 9.17) is 0 Å². The molecule has 0 amide bonds. The van der Waals surface area contributed by atoms with Gasteiger partial charge in [0.15, 0.2) is 0 Å². The molecule has 1 atom stereocenters. The second-order valence-electron chi connectivity index (χ2n) is 5.39. The maximum atomic E-state index is 13.9. The van der Waals surface area contributed by atoms with Crippen LogP contribution in [0.3, 0.4) is 0 Å². The molecule has 2 heterocycles. The third-order valence-electron chi connectivity index (χ3n) is 4.09. The van der Waals surface area contributed by atoms with Crippen molar-refractivity contribution in [3.63, 3.8) is 0 Å². The van der Waals surface area contributed by atoms with Crippen LogP contribution in [0.2, 0.25) is 0 Å². The summed E-state index contributed by atoms with van der Waals surface area (Å²) in [5.41, 5.74) is 3.04. The fourth-order valence-electron chi connectivity index (χ4n) is 2.85. The predicted octanol–water partition coefficient (Wildman–Crippen LogP) is 3.47. The van der Waals surface area contributed by atoms with Gasteiger partial charge < -0.3 is 4.90 Å². The molecule has 0 spiro atoms. The topological polar surface area (TPSA) is 6.48 Å². The number of fused-ring (bicyclic) bond motifs is 1. The Morgan fingerprint density at radius 1 is 1.25 bits per heavy atom. The Balaban J connectivity index is 1.79. The summed E-state index contributed by atoms with van der Waals surface area (Å²) in [4.78, 5) is 4.56. The van der Waals surface area contributed by atoms with E-state index in [2.05, 4.69) is 35.6 Å². The van der Waals surface area contributed by atoms with Crippen molar-refractivity contribution in [1.82, 2.24) is 9.80 Å². The van der Waals surface area contributed by atoms with Crippen LogP contribution in [0.5, 0.6) is 0 Å². The molecule has 3 rings (SSSR count). The lowest BCUT2D eigenvalue weighted by Gasteiger charge is -2.40. The zero-order valence-electron chi connectivity index (χ0n) is 11.7. The molecule has 2 aliphatic rings. The van der Waals surface area contributed by atoms with Crippen LogP contribution in [0.1, 0.15) is 18.5 Å². The van der Waals surface area contributed by atoms with Crippen molar-refractivity contribution in [1.29, 1.82) is 0 Å². The molecule has 104 valence electrons. The number of piperazine rings is 1. The summed E-state index contributed by atoms with van der Waals surface area (Å²) < 4.78 is 13.9. The first kappa shape index (κ1) is 13.1. The van der Waals surface area contributed by atoms with Crippen molar-refractivity contribution >= 4 is 0 Å². The van der Waals surface area contributed by atoms with Crippen molar-refractivity contribution in [2.45, 2.75) is 13.0 Å². The Hall–Kier alpha value is -1.87. The Morgan fingerprint density at radius 3 is 2.85 bits per heavy atom. The van der Waals surface area contributed by atoms with E-state index in [0.29, 0.717) is 0 Å². The third-order valence-corrected chi connectivity index (χ3v) is 4.09. The molecule has 0 aliphatic carbocycles. The molecule has 0 saturated carbocycles. The molecule has 1 saturated heterocycles. The van der Waals surface area contributed by atoms with E-state index in [1.165, 1.54) is 11.8 Å². The summed E-state index contributed by atoms with van der Waals surface area (Å²) >= 11 is 0. The van der Waals surface area contributed by atoms with Gasteiger partial charge in [-0.25, -0.2) is 4.39 Å². The third kappa shape index (κ3) is 2.41. The maximum absolute atomic E-state index is 13.9. The Bertz CT molecular complexity index is 588. The molecule has 0 N–H and O–H groups in total. The maximum Gasteiger partial charge on any atom is 0.127 e. The van der Waals surface area contributed by atoms with Gasteiger partial charge in [-0.3, -0.25) is 4.90 Å². The number of hydrogen-bond donors (Lipinski definition) is 0. The molecular weight excluding hydrogens is 251 g/mol. The smallest absolute Gasteiger partial charge is 0.127 e. The standard InChI is InChI=1S/C17H19FN2/c1-13-7-8-19-9-10-20(12-15(19)11-13)14(2)16-5-3-4-6-17(16)18/h3-8,11,14H,1,9-10,12H2,2H3. The summed E-state index contributed by atoms with van der Waals surface area (Å²) in [6, 6.07) is 7.13. The summed E-state index contributed by atoms with van der Waals surface area (Å²) in [6.45, 7) is 8.76. The normalized spacial score (nSPS) is 20.6. The molecule has 0 radical (unpaired) electrons. The molecule has 3 heteroatoms. The fourth-order valence-corrected chi connectivity index (χ4v) is 2.85. The van der Waals surface area contributed by atoms with E-state index >= 15 is 0 Å². The van der Waals surface area contributed by atoms with E-state index in [0.717, 1.165) is 30.8 Å². The molecule has 1 unspecified atom stereocenters. The molecule has 1 fully saturated rings. The number of hydrogen-bond acceptors (Lipinski definition) is 2. The zero-order chi connectivity index (χ0) is 14.1. The van der Waals surface area contributed by atoms with Gasteiger partial charge in [0.25, 0.3) is 0 Å².